The van der Waals surface area contributed by atoms with Crippen molar-refractivity contribution < 1.29 is 9.15 Å². The summed E-state index contributed by atoms with van der Waals surface area (Å²) in [4.78, 5) is 8.50. The smallest absolute Gasteiger partial charge is 0.213 e. The molecule has 2 aromatic rings. The summed E-state index contributed by atoms with van der Waals surface area (Å²) in [5.41, 5.74) is -0.0589. The molecule has 0 aliphatic carbocycles. The highest BCUT2D eigenvalue weighted by molar-refractivity contribution is 14.0. The lowest BCUT2D eigenvalue weighted by Gasteiger charge is -2.18. The number of nitrogens with zero attached hydrogens (tertiary/aromatic N) is 2. The van der Waals surface area contributed by atoms with Gasteiger partial charge in [-0.1, -0.05) is 44.5 Å². The molecule has 0 spiro atoms. The maximum absolute atomic E-state index is 6.11. The van der Waals surface area contributed by atoms with E-state index >= 15 is 0 Å². The Morgan fingerprint density at radius 3 is 2.59 bits per heavy atom. The zero-order chi connectivity index (χ0) is 19.2. The number of nitrogens with one attached hydrogen (secondary N) is 2. The normalized spacial score (nSPS) is 12.9. The van der Waals surface area contributed by atoms with Crippen LogP contribution in [-0.4, -0.2) is 30.6 Å². The van der Waals surface area contributed by atoms with Gasteiger partial charge in [0.05, 0.1) is 24.3 Å². The number of halogens is 2. The molecule has 0 aliphatic heterocycles. The number of para-hydroxylation sites is 1. The summed E-state index contributed by atoms with van der Waals surface area (Å²) in [6.07, 6.45) is 1.69. The predicted molar refractivity (Wildman–Crippen MR) is 120 cm³/mol. The van der Waals surface area contributed by atoms with Crippen LogP contribution in [0.25, 0.3) is 0 Å². The monoisotopic (exact) mass is 506 g/mol. The topological polar surface area (TPSA) is 71.7 Å². The van der Waals surface area contributed by atoms with Crippen LogP contribution < -0.4 is 15.4 Å². The van der Waals surface area contributed by atoms with Crippen LogP contribution in [0.1, 0.15) is 39.3 Å². The van der Waals surface area contributed by atoms with E-state index in [-0.39, 0.29) is 35.5 Å². The van der Waals surface area contributed by atoms with E-state index in [0.29, 0.717) is 35.7 Å². The number of guanidine groups is 1. The van der Waals surface area contributed by atoms with Crippen LogP contribution >= 0.6 is 35.6 Å². The first-order valence-corrected chi connectivity index (χ1v) is 8.98. The summed E-state index contributed by atoms with van der Waals surface area (Å²) in [5.74, 6) is 2.80. The van der Waals surface area contributed by atoms with Crippen LogP contribution in [0, 0.1) is 0 Å². The summed E-state index contributed by atoms with van der Waals surface area (Å²) in [5, 5.41) is 7.00. The third-order valence-corrected chi connectivity index (χ3v) is 3.96. The van der Waals surface area contributed by atoms with Gasteiger partial charge in [-0.25, -0.2) is 4.98 Å². The first-order valence-electron chi connectivity index (χ1n) is 8.60. The highest BCUT2D eigenvalue weighted by Gasteiger charge is 2.19. The Balaban J connectivity index is 0.00000364. The summed E-state index contributed by atoms with van der Waals surface area (Å²) in [6, 6.07) is 7.42. The Labute approximate surface area is 183 Å². The molecule has 0 saturated carbocycles. The lowest BCUT2D eigenvalue weighted by molar-refractivity contribution is 0.224. The van der Waals surface area contributed by atoms with Crippen LogP contribution in [0.15, 0.2) is 39.9 Å². The number of hydrogen-bond acceptors (Lipinski definition) is 4. The molecule has 0 fully saturated rings. The van der Waals surface area contributed by atoms with E-state index < -0.39 is 0 Å². The maximum atomic E-state index is 6.11. The van der Waals surface area contributed by atoms with Gasteiger partial charge in [0, 0.05) is 12.5 Å². The molecule has 8 heteroatoms. The average molecular weight is 507 g/mol. The highest BCUT2D eigenvalue weighted by atomic mass is 127. The maximum Gasteiger partial charge on any atom is 0.213 e. The van der Waals surface area contributed by atoms with Gasteiger partial charge in [-0.2, -0.15) is 0 Å². The first kappa shape index (κ1) is 23.6. The predicted octanol–water partition coefficient (Wildman–Crippen LogP) is 4.38. The van der Waals surface area contributed by atoms with Crippen LogP contribution in [-0.2, 0) is 12.0 Å². The molecule has 0 bridgehead atoms. The number of rotatable bonds is 6. The molecular formula is C19H28ClIN4O2. The molecule has 1 unspecified atom stereocenters. The largest absolute Gasteiger partial charge is 0.487 e. The minimum Gasteiger partial charge on any atom is -0.487 e. The van der Waals surface area contributed by atoms with E-state index in [9.17, 15) is 0 Å². The van der Waals surface area contributed by atoms with E-state index in [1.165, 1.54) is 0 Å². The number of aliphatic imine (C=N–C) groups is 1. The summed E-state index contributed by atoms with van der Waals surface area (Å²) >= 11 is 6.11. The van der Waals surface area contributed by atoms with E-state index in [4.69, 9.17) is 20.8 Å². The zero-order valence-electron chi connectivity index (χ0n) is 16.4. The van der Waals surface area contributed by atoms with Crippen molar-refractivity contribution >= 4 is 41.5 Å². The van der Waals surface area contributed by atoms with Crippen LogP contribution in [0.5, 0.6) is 5.75 Å². The molecule has 27 heavy (non-hydrogen) atoms. The number of aromatic nitrogens is 1. The Bertz CT molecular complexity index is 743. The Hall–Kier alpha value is -1.48. The first-order chi connectivity index (χ1) is 12.3. The third-order valence-electron chi connectivity index (χ3n) is 3.65. The van der Waals surface area contributed by atoms with Gasteiger partial charge in [0.1, 0.15) is 17.6 Å². The van der Waals surface area contributed by atoms with Crippen molar-refractivity contribution in [1.29, 1.82) is 0 Å². The fourth-order valence-electron chi connectivity index (χ4n) is 2.16. The molecule has 2 N–H and O–H groups in total. The summed E-state index contributed by atoms with van der Waals surface area (Å²) < 4.78 is 11.6. The van der Waals surface area contributed by atoms with Crippen molar-refractivity contribution in [3.63, 3.8) is 0 Å². The lowest BCUT2D eigenvalue weighted by atomic mass is 9.94. The van der Waals surface area contributed by atoms with Crippen molar-refractivity contribution in [1.82, 2.24) is 15.6 Å². The number of ether oxygens (including phenoxy) is 1. The standard InChI is InChI=1S/C19H27ClN4O2.HI/c1-13(25-15-9-7-6-8-14(15)20)10-23-18(21-5)24-12-17-22-11-16(26-17)19(2,3)4;/h6-9,11,13H,10,12H2,1-5H3,(H2,21,23,24);1H. The van der Waals surface area contributed by atoms with Gasteiger partial charge in [-0.05, 0) is 19.1 Å². The molecule has 1 heterocycles. The SMILES string of the molecule is CN=C(NCc1ncc(C(C)(C)C)o1)NCC(C)Oc1ccccc1Cl.I. The molecular weight excluding hydrogens is 479 g/mol. The zero-order valence-corrected chi connectivity index (χ0v) is 19.5. The van der Waals surface area contributed by atoms with Gasteiger partial charge in [0.2, 0.25) is 5.89 Å². The number of benzene rings is 1. The molecule has 2 rings (SSSR count). The molecule has 0 radical (unpaired) electrons. The number of hydrogen-bond donors (Lipinski definition) is 2. The van der Waals surface area contributed by atoms with Gasteiger partial charge in [-0.3, -0.25) is 4.99 Å². The minimum atomic E-state index is -0.0809. The van der Waals surface area contributed by atoms with Gasteiger partial charge < -0.3 is 19.8 Å². The summed E-state index contributed by atoms with van der Waals surface area (Å²) in [7, 11) is 1.71. The lowest BCUT2D eigenvalue weighted by Crippen LogP contribution is -2.41. The second-order valence-electron chi connectivity index (χ2n) is 7.03. The second kappa shape index (κ2) is 10.8. The molecule has 1 aromatic heterocycles. The minimum absolute atomic E-state index is 0. The molecule has 0 aliphatic rings. The average Bonchev–Trinajstić information content (AvgIpc) is 3.06. The molecule has 0 amide bonds. The Morgan fingerprint density at radius 1 is 1.30 bits per heavy atom. The van der Waals surface area contributed by atoms with E-state index in [2.05, 4.69) is 41.4 Å². The summed E-state index contributed by atoms with van der Waals surface area (Å²) in [6.45, 7) is 9.26. The number of oxazole rings is 1. The van der Waals surface area contributed by atoms with Gasteiger partial charge in [0.15, 0.2) is 5.96 Å². The van der Waals surface area contributed by atoms with Crippen molar-refractivity contribution in [2.45, 2.75) is 45.8 Å². The van der Waals surface area contributed by atoms with E-state index in [1.807, 2.05) is 25.1 Å². The van der Waals surface area contributed by atoms with Crippen LogP contribution in [0.3, 0.4) is 0 Å². The third kappa shape index (κ3) is 7.57. The fraction of sp³-hybridized carbons (Fsp3) is 0.474. The van der Waals surface area contributed by atoms with Crippen LogP contribution in [0.4, 0.5) is 0 Å². The molecule has 150 valence electrons. The Morgan fingerprint density at radius 2 is 2.00 bits per heavy atom. The van der Waals surface area contributed by atoms with E-state index in [1.54, 1.807) is 19.3 Å². The van der Waals surface area contributed by atoms with Crippen LogP contribution in [0.2, 0.25) is 5.02 Å². The van der Waals surface area contributed by atoms with Gasteiger partial charge in [-0.15, -0.1) is 24.0 Å². The molecule has 1 aromatic carbocycles. The molecule has 0 saturated heterocycles. The van der Waals surface area contributed by atoms with Crippen molar-refractivity contribution in [3.8, 4) is 5.75 Å². The van der Waals surface area contributed by atoms with Crippen molar-refractivity contribution in [2.24, 2.45) is 4.99 Å². The van der Waals surface area contributed by atoms with E-state index in [0.717, 1.165) is 5.76 Å². The van der Waals surface area contributed by atoms with Crippen molar-refractivity contribution in [2.75, 3.05) is 13.6 Å². The van der Waals surface area contributed by atoms with Crippen molar-refractivity contribution in [3.05, 3.63) is 47.1 Å². The van der Waals surface area contributed by atoms with Gasteiger partial charge in [0.25, 0.3) is 0 Å². The molecule has 1 atom stereocenters. The van der Waals surface area contributed by atoms with Gasteiger partial charge >= 0.3 is 0 Å². The second-order valence-corrected chi connectivity index (χ2v) is 7.44. The molecule has 6 nitrogen and oxygen atoms in total. The fourth-order valence-corrected chi connectivity index (χ4v) is 2.34. The quantitative estimate of drug-likeness (QED) is 0.346. The highest BCUT2D eigenvalue weighted by Crippen LogP contribution is 2.24. The Kier molecular flexibility index (Phi) is 9.38.